The first-order chi connectivity index (χ1) is 22.3. The van der Waals surface area contributed by atoms with Crippen molar-refractivity contribution in [2.45, 2.75) is 0 Å². The summed E-state index contributed by atoms with van der Waals surface area (Å²) in [5.74, 6) is 0.727. The Bertz CT molecular complexity index is 2770. The molecule has 0 unspecified atom stereocenters. The zero-order valence-corrected chi connectivity index (χ0v) is 24.8. The number of hydrogen-bond acceptors (Lipinski definition) is 4. The monoisotopic (exact) mass is 593 g/mol. The fourth-order valence-corrected chi connectivity index (χ4v) is 7.99. The molecule has 0 bridgehead atoms. The highest BCUT2D eigenvalue weighted by molar-refractivity contribution is 7.25. The Labute approximate surface area is 261 Å². The molecule has 10 rings (SSSR count). The zero-order valence-electron chi connectivity index (χ0n) is 23.9. The van der Waals surface area contributed by atoms with Gasteiger partial charge in [0.1, 0.15) is 16.0 Å². The van der Waals surface area contributed by atoms with Crippen LogP contribution in [0.1, 0.15) is 0 Å². The average molecular weight is 594 g/mol. The minimum absolute atomic E-state index is 0.727. The van der Waals surface area contributed by atoms with E-state index in [2.05, 4.69) is 114 Å². The van der Waals surface area contributed by atoms with Gasteiger partial charge in [0.2, 0.25) is 0 Å². The molecule has 0 aliphatic rings. The maximum atomic E-state index is 6.39. The van der Waals surface area contributed by atoms with Crippen molar-refractivity contribution in [2.75, 3.05) is 0 Å². The second kappa shape index (κ2) is 9.36. The topological polar surface area (TPSA) is 43.9 Å². The van der Waals surface area contributed by atoms with Crippen LogP contribution in [-0.4, -0.2) is 14.5 Å². The molecule has 0 aliphatic heterocycles. The van der Waals surface area contributed by atoms with Crippen LogP contribution >= 0.6 is 11.3 Å². The second-order valence-corrected chi connectivity index (χ2v) is 12.4. The number of para-hydroxylation sites is 3. The first-order valence-corrected chi connectivity index (χ1v) is 15.8. The highest BCUT2D eigenvalue weighted by Crippen LogP contribution is 2.45. The van der Waals surface area contributed by atoms with Crippen LogP contribution in [0, 0.1) is 0 Å². The molecule has 6 aromatic carbocycles. The van der Waals surface area contributed by atoms with Gasteiger partial charge in [-0.05, 0) is 36.4 Å². The smallest absolute Gasteiger partial charge is 0.161 e. The van der Waals surface area contributed by atoms with Crippen molar-refractivity contribution in [3.05, 3.63) is 140 Å². The number of fused-ring (bicyclic) bond motifs is 10. The largest absolute Gasteiger partial charge is 0.456 e. The van der Waals surface area contributed by atoms with Gasteiger partial charge < -0.3 is 8.98 Å². The van der Waals surface area contributed by atoms with Gasteiger partial charge in [-0.25, -0.2) is 9.97 Å². The molecular formula is C40H23N3OS. The van der Waals surface area contributed by atoms with Crippen LogP contribution in [0.2, 0.25) is 0 Å². The standard InChI is InChI=1S/C40H23N3OS/c1-2-12-24(13-3-1)39-41-37(36-29-17-7-11-21-34(29)45-40(36)42-39)27-15-5-9-19-31(27)43-30-18-8-4-14-25(30)26-22-23-33-35(38(26)43)28-16-6-10-20-32(28)44-33/h1-23H. The highest BCUT2D eigenvalue weighted by atomic mass is 32.1. The second-order valence-electron chi connectivity index (χ2n) is 11.3. The fourth-order valence-electron chi connectivity index (χ4n) is 6.92. The summed E-state index contributed by atoms with van der Waals surface area (Å²) in [6.07, 6.45) is 0. The van der Waals surface area contributed by atoms with Crippen molar-refractivity contribution < 1.29 is 4.42 Å². The van der Waals surface area contributed by atoms with Crippen molar-refractivity contribution in [3.8, 4) is 28.3 Å². The van der Waals surface area contributed by atoms with E-state index in [1.54, 1.807) is 11.3 Å². The van der Waals surface area contributed by atoms with Gasteiger partial charge >= 0.3 is 0 Å². The van der Waals surface area contributed by atoms with Crippen LogP contribution in [-0.2, 0) is 0 Å². The van der Waals surface area contributed by atoms with E-state index in [9.17, 15) is 0 Å². The third-order valence-corrected chi connectivity index (χ3v) is 9.91. The van der Waals surface area contributed by atoms with Gasteiger partial charge in [-0.3, -0.25) is 0 Å². The number of aromatic nitrogens is 3. The van der Waals surface area contributed by atoms with Crippen LogP contribution < -0.4 is 0 Å². The van der Waals surface area contributed by atoms with E-state index in [0.717, 1.165) is 71.5 Å². The minimum atomic E-state index is 0.727. The van der Waals surface area contributed by atoms with Gasteiger partial charge in [-0.15, -0.1) is 11.3 Å². The van der Waals surface area contributed by atoms with Gasteiger partial charge in [0.25, 0.3) is 0 Å². The normalized spacial score (nSPS) is 12.0. The summed E-state index contributed by atoms with van der Waals surface area (Å²) >= 11 is 1.72. The number of hydrogen-bond donors (Lipinski definition) is 0. The maximum Gasteiger partial charge on any atom is 0.161 e. The van der Waals surface area contributed by atoms with Gasteiger partial charge in [-0.1, -0.05) is 103 Å². The lowest BCUT2D eigenvalue weighted by molar-refractivity contribution is 0.669. The number of thiophene rings is 1. The molecule has 0 aliphatic carbocycles. The van der Waals surface area contributed by atoms with Crippen LogP contribution in [0.5, 0.6) is 0 Å². The van der Waals surface area contributed by atoms with Gasteiger partial charge in [-0.2, -0.15) is 0 Å². The zero-order chi connectivity index (χ0) is 29.5. The highest BCUT2D eigenvalue weighted by Gasteiger charge is 2.23. The third kappa shape index (κ3) is 3.53. The predicted molar refractivity (Wildman–Crippen MR) is 187 cm³/mol. The van der Waals surface area contributed by atoms with Gasteiger partial charge in [0.15, 0.2) is 5.82 Å². The van der Waals surface area contributed by atoms with Crippen molar-refractivity contribution in [1.29, 1.82) is 0 Å². The SMILES string of the molecule is c1ccc(-c2nc(-c3ccccc3-n3c4ccccc4c4ccc5oc6ccccc6c5c43)c3c(n2)sc2ccccc23)cc1. The Morgan fingerprint density at radius 3 is 2.18 bits per heavy atom. The summed E-state index contributed by atoms with van der Waals surface area (Å²) < 4.78 is 10.0. The molecule has 0 radical (unpaired) electrons. The molecule has 0 saturated carbocycles. The lowest BCUT2D eigenvalue weighted by atomic mass is 10.0. The lowest BCUT2D eigenvalue weighted by Crippen LogP contribution is -2.00. The Balaban J connectivity index is 1.38. The number of benzene rings is 6. The molecule has 0 fully saturated rings. The molecule has 4 nitrogen and oxygen atoms in total. The quantitative estimate of drug-likeness (QED) is 0.205. The van der Waals surface area contributed by atoms with E-state index < -0.39 is 0 Å². The van der Waals surface area contributed by atoms with Gasteiger partial charge in [0, 0.05) is 42.8 Å². The Hall–Kier alpha value is -5.78. The molecule has 0 amide bonds. The summed E-state index contributed by atoms with van der Waals surface area (Å²) in [5, 5.41) is 6.88. The van der Waals surface area contributed by atoms with Crippen molar-refractivity contribution in [3.63, 3.8) is 0 Å². The molecule has 0 N–H and O–H groups in total. The van der Waals surface area contributed by atoms with E-state index in [4.69, 9.17) is 14.4 Å². The Morgan fingerprint density at radius 1 is 0.533 bits per heavy atom. The number of furan rings is 1. The minimum Gasteiger partial charge on any atom is -0.456 e. The first kappa shape index (κ1) is 24.6. The number of rotatable bonds is 3. The Kier molecular flexibility index (Phi) is 5.12. The van der Waals surface area contributed by atoms with Crippen molar-refractivity contribution in [2.24, 2.45) is 0 Å². The van der Waals surface area contributed by atoms with Crippen molar-refractivity contribution in [1.82, 2.24) is 14.5 Å². The lowest BCUT2D eigenvalue weighted by Gasteiger charge is -2.15. The van der Waals surface area contributed by atoms with E-state index in [-0.39, 0.29) is 0 Å². The number of nitrogens with zero attached hydrogens (tertiary/aromatic N) is 3. The van der Waals surface area contributed by atoms with E-state index in [0.29, 0.717) is 0 Å². The molecule has 5 heteroatoms. The van der Waals surface area contributed by atoms with Crippen LogP contribution in [0.25, 0.3) is 92.4 Å². The molecule has 0 spiro atoms. The molecule has 45 heavy (non-hydrogen) atoms. The molecule has 10 aromatic rings. The summed E-state index contributed by atoms with van der Waals surface area (Å²) in [5.41, 5.74) is 8.09. The third-order valence-electron chi connectivity index (χ3n) is 8.85. The molecule has 0 saturated heterocycles. The molecule has 4 heterocycles. The first-order valence-electron chi connectivity index (χ1n) is 15.0. The molecule has 0 atom stereocenters. The fraction of sp³-hybridized carbons (Fsp3) is 0. The van der Waals surface area contributed by atoms with E-state index in [1.807, 2.05) is 30.3 Å². The maximum absolute atomic E-state index is 6.39. The predicted octanol–water partition coefficient (Wildman–Crippen LogP) is 11.2. The van der Waals surface area contributed by atoms with Crippen LogP contribution in [0.15, 0.2) is 144 Å². The molecule has 210 valence electrons. The molecular weight excluding hydrogens is 571 g/mol. The Morgan fingerprint density at radius 2 is 1.27 bits per heavy atom. The summed E-state index contributed by atoms with van der Waals surface area (Å²) in [6, 6.07) is 48.8. The van der Waals surface area contributed by atoms with Crippen LogP contribution in [0.4, 0.5) is 0 Å². The van der Waals surface area contributed by atoms with Crippen LogP contribution in [0.3, 0.4) is 0 Å². The summed E-state index contributed by atoms with van der Waals surface area (Å²) in [4.78, 5) is 11.5. The average Bonchev–Trinajstić information content (AvgIpc) is 3.77. The van der Waals surface area contributed by atoms with Gasteiger partial charge in [0.05, 0.1) is 27.8 Å². The van der Waals surface area contributed by atoms with E-state index in [1.165, 1.54) is 20.9 Å². The molecule has 4 aromatic heterocycles. The summed E-state index contributed by atoms with van der Waals surface area (Å²) in [7, 11) is 0. The van der Waals surface area contributed by atoms with E-state index >= 15 is 0 Å². The summed E-state index contributed by atoms with van der Waals surface area (Å²) in [6.45, 7) is 0. The van der Waals surface area contributed by atoms with Crippen molar-refractivity contribution >= 4 is 75.4 Å².